The SMILES string of the molecule is CC(C)C(O)CNC(=O)c1ccc(CN)cc1. The normalized spacial score (nSPS) is 12.5. The summed E-state index contributed by atoms with van der Waals surface area (Å²) in [6.07, 6.45) is -0.512. The number of rotatable bonds is 5. The Labute approximate surface area is 102 Å². The molecular formula is C13H20N2O2. The number of benzene rings is 1. The summed E-state index contributed by atoms with van der Waals surface area (Å²) < 4.78 is 0. The van der Waals surface area contributed by atoms with Crippen LogP contribution in [0.1, 0.15) is 29.8 Å². The summed E-state index contributed by atoms with van der Waals surface area (Å²) in [7, 11) is 0. The van der Waals surface area contributed by atoms with Gasteiger partial charge in [0.05, 0.1) is 6.10 Å². The average molecular weight is 236 g/mol. The number of nitrogens with one attached hydrogen (secondary N) is 1. The van der Waals surface area contributed by atoms with Gasteiger partial charge in [0.1, 0.15) is 0 Å². The zero-order valence-corrected chi connectivity index (χ0v) is 10.3. The predicted octanol–water partition coefficient (Wildman–Crippen LogP) is 0.892. The van der Waals surface area contributed by atoms with Crippen molar-refractivity contribution in [2.24, 2.45) is 11.7 Å². The fourth-order valence-corrected chi connectivity index (χ4v) is 1.33. The summed E-state index contributed by atoms with van der Waals surface area (Å²) in [5.41, 5.74) is 7.05. The summed E-state index contributed by atoms with van der Waals surface area (Å²) in [4.78, 5) is 11.7. The van der Waals surface area contributed by atoms with E-state index in [1.165, 1.54) is 0 Å². The van der Waals surface area contributed by atoms with Crippen LogP contribution in [0.4, 0.5) is 0 Å². The molecule has 0 spiro atoms. The highest BCUT2D eigenvalue weighted by molar-refractivity contribution is 5.94. The van der Waals surface area contributed by atoms with E-state index in [1.807, 2.05) is 26.0 Å². The molecule has 1 amide bonds. The summed E-state index contributed by atoms with van der Waals surface area (Å²) in [5.74, 6) is -0.0387. The van der Waals surface area contributed by atoms with Gasteiger partial charge in [-0.15, -0.1) is 0 Å². The van der Waals surface area contributed by atoms with Crippen molar-refractivity contribution in [2.75, 3.05) is 6.54 Å². The lowest BCUT2D eigenvalue weighted by molar-refractivity contribution is 0.0871. The predicted molar refractivity (Wildman–Crippen MR) is 67.5 cm³/mol. The Hall–Kier alpha value is -1.39. The van der Waals surface area contributed by atoms with E-state index in [0.717, 1.165) is 5.56 Å². The molecule has 17 heavy (non-hydrogen) atoms. The second-order valence-corrected chi connectivity index (χ2v) is 4.42. The third-order valence-electron chi connectivity index (χ3n) is 2.69. The molecule has 4 N–H and O–H groups in total. The first-order chi connectivity index (χ1) is 8.04. The molecule has 1 aromatic rings. The maximum Gasteiger partial charge on any atom is 0.251 e. The molecular weight excluding hydrogens is 216 g/mol. The second-order valence-electron chi connectivity index (χ2n) is 4.42. The van der Waals surface area contributed by atoms with E-state index in [0.29, 0.717) is 12.1 Å². The van der Waals surface area contributed by atoms with Crippen molar-refractivity contribution in [2.45, 2.75) is 26.5 Å². The van der Waals surface area contributed by atoms with Crippen LogP contribution in [0, 0.1) is 5.92 Å². The van der Waals surface area contributed by atoms with E-state index in [9.17, 15) is 9.90 Å². The van der Waals surface area contributed by atoms with Crippen LogP contribution >= 0.6 is 0 Å². The van der Waals surface area contributed by atoms with Crippen molar-refractivity contribution < 1.29 is 9.90 Å². The number of hydrogen-bond acceptors (Lipinski definition) is 3. The van der Waals surface area contributed by atoms with Gasteiger partial charge >= 0.3 is 0 Å². The monoisotopic (exact) mass is 236 g/mol. The fraction of sp³-hybridized carbons (Fsp3) is 0.462. The Morgan fingerprint density at radius 1 is 1.35 bits per heavy atom. The molecule has 4 nitrogen and oxygen atoms in total. The quantitative estimate of drug-likeness (QED) is 0.710. The zero-order chi connectivity index (χ0) is 12.8. The zero-order valence-electron chi connectivity index (χ0n) is 10.3. The Morgan fingerprint density at radius 2 is 1.94 bits per heavy atom. The first-order valence-corrected chi connectivity index (χ1v) is 5.80. The van der Waals surface area contributed by atoms with Gasteiger partial charge in [-0.25, -0.2) is 0 Å². The molecule has 0 radical (unpaired) electrons. The van der Waals surface area contributed by atoms with E-state index in [2.05, 4.69) is 5.32 Å². The van der Waals surface area contributed by atoms with Gasteiger partial charge in [0.2, 0.25) is 0 Å². The maximum absolute atomic E-state index is 11.7. The van der Waals surface area contributed by atoms with Gasteiger partial charge < -0.3 is 16.2 Å². The molecule has 0 aliphatic carbocycles. The summed E-state index contributed by atoms with van der Waals surface area (Å²) in [6, 6.07) is 7.13. The molecule has 1 atom stereocenters. The molecule has 0 aliphatic rings. The molecule has 1 aromatic carbocycles. The van der Waals surface area contributed by atoms with Crippen LogP contribution in [-0.4, -0.2) is 23.7 Å². The number of aliphatic hydroxyl groups is 1. The van der Waals surface area contributed by atoms with Crippen LogP contribution in [0.5, 0.6) is 0 Å². The standard InChI is InChI=1S/C13H20N2O2/c1-9(2)12(16)8-15-13(17)11-5-3-10(7-14)4-6-11/h3-6,9,12,16H,7-8,14H2,1-2H3,(H,15,17). The first kappa shape index (κ1) is 13.7. The van der Waals surface area contributed by atoms with Gasteiger partial charge in [-0.3, -0.25) is 4.79 Å². The molecule has 94 valence electrons. The van der Waals surface area contributed by atoms with Crippen LogP contribution in [0.2, 0.25) is 0 Å². The Kier molecular flexibility index (Phi) is 5.12. The number of carbonyl (C=O) groups is 1. The molecule has 4 heteroatoms. The molecule has 0 aliphatic heterocycles. The molecule has 1 rings (SSSR count). The van der Waals surface area contributed by atoms with Crippen molar-refractivity contribution in [3.8, 4) is 0 Å². The van der Waals surface area contributed by atoms with Crippen molar-refractivity contribution >= 4 is 5.91 Å². The van der Waals surface area contributed by atoms with Gasteiger partial charge in [0.25, 0.3) is 5.91 Å². The lowest BCUT2D eigenvalue weighted by Crippen LogP contribution is -2.34. The lowest BCUT2D eigenvalue weighted by atomic mass is 10.1. The number of aliphatic hydroxyl groups excluding tert-OH is 1. The van der Waals surface area contributed by atoms with Crippen LogP contribution in [0.15, 0.2) is 24.3 Å². The molecule has 0 bridgehead atoms. The molecule has 0 aromatic heterocycles. The molecule has 0 fully saturated rings. The minimum Gasteiger partial charge on any atom is -0.391 e. The fourth-order valence-electron chi connectivity index (χ4n) is 1.33. The Balaban J connectivity index is 2.52. The number of hydrogen-bond donors (Lipinski definition) is 3. The summed E-state index contributed by atoms with van der Waals surface area (Å²) >= 11 is 0. The molecule has 1 unspecified atom stereocenters. The van der Waals surface area contributed by atoms with Crippen molar-refractivity contribution in [3.05, 3.63) is 35.4 Å². The van der Waals surface area contributed by atoms with E-state index in [-0.39, 0.29) is 18.4 Å². The highest BCUT2D eigenvalue weighted by atomic mass is 16.3. The lowest BCUT2D eigenvalue weighted by Gasteiger charge is -2.15. The van der Waals surface area contributed by atoms with Crippen molar-refractivity contribution in [1.29, 1.82) is 0 Å². The number of carbonyl (C=O) groups excluding carboxylic acids is 1. The van der Waals surface area contributed by atoms with Gasteiger partial charge in [0, 0.05) is 18.7 Å². The van der Waals surface area contributed by atoms with E-state index >= 15 is 0 Å². The van der Waals surface area contributed by atoms with E-state index in [4.69, 9.17) is 5.73 Å². The Morgan fingerprint density at radius 3 is 2.41 bits per heavy atom. The molecule has 0 heterocycles. The minimum atomic E-state index is -0.512. The highest BCUT2D eigenvalue weighted by Crippen LogP contribution is 2.04. The number of nitrogens with two attached hydrogens (primary N) is 1. The summed E-state index contributed by atoms with van der Waals surface area (Å²) in [5, 5.41) is 12.3. The smallest absolute Gasteiger partial charge is 0.251 e. The minimum absolute atomic E-state index is 0.134. The van der Waals surface area contributed by atoms with Gasteiger partial charge in [-0.05, 0) is 23.6 Å². The van der Waals surface area contributed by atoms with Crippen LogP contribution < -0.4 is 11.1 Å². The van der Waals surface area contributed by atoms with Gasteiger partial charge in [-0.1, -0.05) is 26.0 Å². The number of amides is 1. The Bertz CT molecular complexity index is 360. The van der Waals surface area contributed by atoms with E-state index in [1.54, 1.807) is 12.1 Å². The average Bonchev–Trinajstić information content (AvgIpc) is 2.35. The maximum atomic E-state index is 11.7. The first-order valence-electron chi connectivity index (χ1n) is 5.80. The summed E-state index contributed by atoms with van der Waals surface area (Å²) in [6.45, 7) is 4.56. The van der Waals surface area contributed by atoms with Crippen molar-refractivity contribution in [1.82, 2.24) is 5.32 Å². The van der Waals surface area contributed by atoms with Crippen LogP contribution in [0.25, 0.3) is 0 Å². The highest BCUT2D eigenvalue weighted by Gasteiger charge is 2.11. The topological polar surface area (TPSA) is 75.3 Å². The van der Waals surface area contributed by atoms with Crippen LogP contribution in [0.3, 0.4) is 0 Å². The van der Waals surface area contributed by atoms with E-state index < -0.39 is 6.10 Å². The van der Waals surface area contributed by atoms with Gasteiger partial charge in [0.15, 0.2) is 0 Å². The largest absolute Gasteiger partial charge is 0.391 e. The van der Waals surface area contributed by atoms with Gasteiger partial charge in [-0.2, -0.15) is 0 Å². The van der Waals surface area contributed by atoms with Crippen LogP contribution in [-0.2, 0) is 6.54 Å². The molecule has 0 saturated carbocycles. The third kappa shape index (κ3) is 4.17. The third-order valence-corrected chi connectivity index (χ3v) is 2.69. The molecule has 0 saturated heterocycles. The second kappa shape index (κ2) is 6.37. The van der Waals surface area contributed by atoms with Crippen molar-refractivity contribution in [3.63, 3.8) is 0 Å².